The van der Waals surface area contributed by atoms with Crippen LogP contribution in [0.1, 0.15) is 33.4 Å². The van der Waals surface area contributed by atoms with Crippen LogP contribution in [-0.2, 0) is 6.54 Å². The lowest BCUT2D eigenvalue weighted by atomic mass is 10.1. The molecule has 1 heterocycles. The van der Waals surface area contributed by atoms with E-state index in [-0.39, 0.29) is 6.04 Å². The number of hydrogen-bond donors (Lipinski definition) is 3. The molecule has 1 atom stereocenters. The first kappa shape index (κ1) is 15.0. The predicted octanol–water partition coefficient (Wildman–Crippen LogP) is 2.39. The number of imidazole rings is 1. The van der Waals surface area contributed by atoms with Gasteiger partial charge in [0.1, 0.15) is 5.82 Å². The van der Waals surface area contributed by atoms with Crippen LogP contribution in [-0.4, -0.2) is 15.9 Å². The number of nitrogens with one attached hydrogen (secondary N) is 2. The summed E-state index contributed by atoms with van der Waals surface area (Å²) < 4.78 is 0. The average molecular weight is 306 g/mol. The van der Waals surface area contributed by atoms with E-state index in [0.717, 1.165) is 17.0 Å². The summed E-state index contributed by atoms with van der Waals surface area (Å²) in [6.45, 7) is 0.599. The maximum atomic E-state index is 11.3. The van der Waals surface area contributed by atoms with Crippen LogP contribution in [0.5, 0.6) is 0 Å². The molecule has 1 aromatic heterocycles. The molecule has 4 N–H and O–H groups in total. The fourth-order valence-electron chi connectivity index (χ4n) is 2.51. The van der Waals surface area contributed by atoms with Gasteiger partial charge in [-0.2, -0.15) is 0 Å². The molecule has 0 aliphatic carbocycles. The first-order chi connectivity index (χ1) is 11.2. The quantitative estimate of drug-likeness (QED) is 0.654. The Morgan fingerprint density at radius 2 is 2.00 bits per heavy atom. The van der Waals surface area contributed by atoms with E-state index in [1.54, 1.807) is 24.5 Å². The van der Waals surface area contributed by atoms with Gasteiger partial charge in [0, 0.05) is 24.5 Å². The third-order valence-corrected chi connectivity index (χ3v) is 3.65. The van der Waals surface area contributed by atoms with Crippen molar-refractivity contribution in [3.63, 3.8) is 0 Å². The van der Waals surface area contributed by atoms with Gasteiger partial charge < -0.3 is 10.7 Å². The molecule has 0 saturated carbocycles. The lowest BCUT2D eigenvalue weighted by Gasteiger charge is -2.17. The summed E-state index contributed by atoms with van der Waals surface area (Å²) in [7, 11) is 0. The summed E-state index contributed by atoms with van der Waals surface area (Å²) in [5.74, 6) is 0.430. The van der Waals surface area contributed by atoms with Crippen LogP contribution in [0.3, 0.4) is 0 Å². The van der Waals surface area contributed by atoms with E-state index in [1.165, 1.54) is 0 Å². The largest absolute Gasteiger partial charge is 0.366 e. The number of amides is 1. The minimum absolute atomic E-state index is 0.0524. The normalized spacial score (nSPS) is 12.0. The number of rotatable bonds is 6. The van der Waals surface area contributed by atoms with E-state index in [4.69, 9.17) is 5.73 Å². The Bertz CT molecular complexity index is 769. The standard InChI is InChI=1S/C18H18N4O/c19-17(23)15-8-4-5-13(11-15)12-22-16(18-20-9-10-21-18)14-6-2-1-3-7-14/h1-11,16,22H,12H2,(H2,19,23)(H,20,21)/t16-/m1/s1. The molecule has 3 rings (SSSR count). The Morgan fingerprint density at radius 1 is 1.17 bits per heavy atom. The zero-order valence-corrected chi connectivity index (χ0v) is 12.6. The Balaban J connectivity index is 1.80. The van der Waals surface area contributed by atoms with Crippen LogP contribution in [0, 0.1) is 0 Å². The summed E-state index contributed by atoms with van der Waals surface area (Å²) in [6.07, 6.45) is 3.54. The van der Waals surface area contributed by atoms with Gasteiger partial charge in [-0.05, 0) is 23.3 Å². The Morgan fingerprint density at radius 3 is 2.70 bits per heavy atom. The first-order valence-corrected chi connectivity index (χ1v) is 7.40. The summed E-state index contributed by atoms with van der Waals surface area (Å²) in [6, 6.07) is 17.4. The van der Waals surface area contributed by atoms with Gasteiger partial charge in [-0.1, -0.05) is 42.5 Å². The molecule has 0 saturated heterocycles. The van der Waals surface area contributed by atoms with Gasteiger partial charge in [0.2, 0.25) is 5.91 Å². The molecule has 0 fully saturated rings. The number of hydrogen-bond acceptors (Lipinski definition) is 3. The second-order valence-electron chi connectivity index (χ2n) is 5.26. The molecule has 2 aromatic carbocycles. The van der Waals surface area contributed by atoms with Gasteiger partial charge in [0.25, 0.3) is 0 Å². The molecular formula is C18H18N4O. The van der Waals surface area contributed by atoms with E-state index in [0.29, 0.717) is 12.1 Å². The number of carbonyl (C=O) groups is 1. The smallest absolute Gasteiger partial charge is 0.248 e. The number of benzene rings is 2. The highest BCUT2D eigenvalue weighted by Crippen LogP contribution is 2.19. The second-order valence-corrected chi connectivity index (χ2v) is 5.26. The monoisotopic (exact) mass is 306 g/mol. The van der Waals surface area contributed by atoms with Crippen molar-refractivity contribution in [2.45, 2.75) is 12.6 Å². The maximum absolute atomic E-state index is 11.3. The van der Waals surface area contributed by atoms with Gasteiger partial charge in [-0.25, -0.2) is 4.98 Å². The summed E-state index contributed by atoms with van der Waals surface area (Å²) >= 11 is 0. The second kappa shape index (κ2) is 6.89. The van der Waals surface area contributed by atoms with Gasteiger partial charge in [-0.15, -0.1) is 0 Å². The molecule has 0 aliphatic heterocycles. The molecule has 0 spiro atoms. The van der Waals surface area contributed by atoms with E-state index in [1.807, 2.05) is 30.3 Å². The van der Waals surface area contributed by atoms with E-state index in [2.05, 4.69) is 27.4 Å². The molecule has 3 aromatic rings. The summed E-state index contributed by atoms with van der Waals surface area (Å²) in [4.78, 5) is 18.8. The molecule has 5 heteroatoms. The van der Waals surface area contributed by atoms with Crippen LogP contribution < -0.4 is 11.1 Å². The SMILES string of the molecule is NC(=O)c1cccc(CN[C@H](c2ccccc2)c2ncc[nH]2)c1. The van der Waals surface area contributed by atoms with E-state index >= 15 is 0 Å². The van der Waals surface area contributed by atoms with Crippen LogP contribution in [0.2, 0.25) is 0 Å². The third kappa shape index (κ3) is 3.64. The van der Waals surface area contributed by atoms with Crippen molar-refractivity contribution >= 4 is 5.91 Å². The van der Waals surface area contributed by atoms with Crippen LogP contribution in [0.15, 0.2) is 67.0 Å². The minimum atomic E-state index is -0.419. The topological polar surface area (TPSA) is 83.8 Å². The van der Waals surface area contributed by atoms with Crippen LogP contribution >= 0.6 is 0 Å². The van der Waals surface area contributed by atoms with Crippen molar-refractivity contribution in [3.8, 4) is 0 Å². The number of H-pyrrole nitrogens is 1. The molecule has 5 nitrogen and oxygen atoms in total. The molecular weight excluding hydrogens is 288 g/mol. The Labute approximate surface area is 134 Å². The molecule has 116 valence electrons. The molecule has 0 bridgehead atoms. The highest BCUT2D eigenvalue weighted by molar-refractivity contribution is 5.92. The van der Waals surface area contributed by atoms with E-state index in [9.17, 15) is 4.79 Å². The molecule has 23 heavy (non-hydrogen) atoms. The lowest BCUT2D eigenvalue weighted by molar-refractivity contribution is 0.1000. The van der Waals surface area contributed by atoms with Crippen molar-refractivity contribution < 1.29 is 4.79 Å². The average Bonchev–Trinajstić information content (AvgIpc) is 3.11. The maximum Gasteiger partial charge on any atom is 0.248 e. The van der Waals surface area contributed by atoms with Crippen molar-refractivity contribution in [2.24, 2.45) is 5.73 Å². The first-order valence-electron chi connectivity index (χ1n) is 7.40. The Kier molecular flexibility index (Phi) is 4.49. The van der Waals surface area contributed by atoms with Gasteiger partial charge in [0.15, 0.2) is 0 Å². The fraction of sp³-hybridized carbons (Fsp3) is 0.111. The predicted molar refractivity (Wildman–Crippen MR) is 88.7 cm³/mol. The lowest BCUT2D eigenvalue weighted by Crippen LogP contribution is -2.23. The van der Waals surface area contributed by atoms with Crippen molar-refractivity contribution in [2.75, 3.05) is 0 Å². The zero-order valence-electron chi connectivity index (χ0n) is 12.6. The molecule has 0 unspecified atom stereocenters. The number of carbonyl (C=O) groups excluding carboxylic acids is 1. The van der Waals surface area contributed by atoms with Gasteiger partial charge >= 0.3 is 0 Å². The number of aromatic amines is 1. The third-order valence-electron chi connectivity index (χ3n) is 3.65. The van der Waals surface area contributed by atoms with Gasteiger partial charge in [-0.3, -0.25) is 10.1 Å². The number of aromatic nitrogens is 2. The van der Waals surface area contributed by atoms with E-state index < -0.39 is 5.91 Å². The van der Waals surface area contributed by atoms with Crippen molar-refractivity contribution in [1.82, 2.24) is 15.3 Å². The van der Waals surface area contributed by atoms with Gasteiger partial charge in [0.05, 0.1) is 6.04 Å². The van der Waals surface area contributed by atoms with Crippen LogP contribution in [0.4, 0.5) is 0 Å². The minimum Gasteiger partial charge on any atom is -0.366 e. The highest BCUT2D eigenvalue weighted by Gasteiger charge is 2.15. The number of nitrogens with zero attached hydrogens (tertiary/aromatic N) is 1. The van der Waals surface area contributed by atoms with Crippen molar-refractivity contribution in [1.29, 1.82) is 0 Å². The zero-order chi connectivity index (χ0) is 16.1. The fourth-order valence-corrected chi connectivity index (χ4v) is 2.51. The Hall–Kier alpha value is -2.92. The molecule has 1 amide bonds. The van der Waals surface area contributed by atoms with Crippen molar-refractivity contribution in [3.05, 3.63) is 89.5 Å². The highest BCUT2D eigenvalue weighted by atomic mass is 16.1. The number of primary amides is 1. The number of nitrogens with two attached hydrogens (primary N) is 1. The molecule has 0 radical (unpaired) electrons. The summed E-state index contributed by atoms with van der Waals surface area (Å²) in [5.41, 5.74) is 7.96. The van der Waals surface area contributed by atoms with Crippen LogP contribution in [0.25, 0.3) is 0 Å². The molecule has 0 aliphatic rings. The summed E-state index contributed by atoms with van der Waals surface area (Å²) in [5, 5.41) is 3.48.